The van der Waals surface area contributed by atoms with Crippen molar-refractivity contribution in [3.63, 3.8) is 0 Å². The molecule has 1 nitrogen and oxygen atoms in total. The van der Waals surface area contributed by atoms with Crippen LogP contribution in [0, 0.1) is 0 Å². The first-order chi connectivity index (χ1) is 17.3. The van der Waals surface area contributed by atoms with E-state index in [4.69, 9.17) is 0 Å². The van der Waals surface area contributed by atoms with Crippen molar-refractivity contribution in [2.45, 2.75) is 19.3 Å². The van der Waals surface area contributed by atoms with E-state index in [2.05, 4.69) is 97.1 Å². The molecule has 2 aliphatic carbocycles. The minimum atomic E-state index is 0.276. The zero-order chi connectivity index (χ0) is 23.1. The number of hydrogen-bond donors (Lipinski definition) is 0. The van der Waals surface area contributed by atoms with E-state index in [1.807, 2.05) is 0 Å². The van der Waals surface area contributed by atoms with Crippen molar-refractivity contribution in [1.82, 2.24) is 0 Å². The van der Waals surface area contributed by atoms with Crippen molar-refractivity contribution in [1.29, 1.82) is 0 Å². The minimum Gasteiger partial charge on any atom is -0.294 e. The van der Waals surface area contributed by atoms with Gasteiger partial charge in [-0.3, -0.25) is 4.79 Å². The van der Waals surface area contributed by atoms with Gasteiger partial charge < -0.3 is 0 Å². The predicted molar refractivity (Wildman–Crippen MR) is 146 cm³/mol. The summed E-state index contributed by atoms with van der Waals surface area (Å²) in [6, 6.07) is 34.7. The monoisotopic (exact) mass is 446 g/mol. The minimum absolute atomic E-state index is 0.276. The number of allylic oxidation sites excluding steroid dienone is 2. The van der Waals surface area contributed by atoms with Gasteiger partial charge in [-0.05, 0) is 83.8 Å². The normalized spacial score (nSPS) is 15.0. The third kappa shape index (κ3) is 2.50. The van der Waals surface area contributed by atoms with Gasteiger partial charge in [0.05, 0.1) is 0 Å². The first kappa shape index (κ1) is 19.1. The van der Waals surface area contributed by atoms with Crippen LogP contribution in [0.4, 0.5) is 0 Å². The summed E-state index contributed by atoms with van der Waals surface area (Å²) in [5.41, 5.74) is 7.44. The SMILES string of the molecule is O=C1Cc2c(c3ccccc3c3ccccc23)C1=C1Cc2c(c3ccccc3c3ccccc23)C1. The average molecular weight is 447 g/mol. The lowest BCUT2D eigenvalue weighted by Gasteiger charge is -2.13. The van der Waals surface area contributed by atoms with Crippen LogP contribution in [0.15, 0.2) is 103 Å². The Kier molecular flexibility index (Phi) is 3.77. The van der Waals surface area contributed by atoms with Crippen LogP contribution in [0.25, 0.3) is 48.7 Å². The van der Waals surface area contributed by atoms with Crippen molar-refractivity contribution < 1.29 is 4.79 Å². The first-order valence-electron chi connectivity index (χ1n) is 12.4. The van der Waals surface area contributed by atoms with Crippen LogP contribution in [0.2, 0.25) is 0 Å². The van der Waals surface area contributed by atoms with Crippen LogP contribution in [0.1, 0.15) is 22.3 Å². The molecule has 0 radical (unpaired) electrons. The maximum atomic E-state index is 13.7. The van der Waals surface area contributed by atoms with Crippen molar-refractivity contribution in [3.8, 4) is 0 Å². The Morgan fingerprint density at radius 1 is 0.400 bits per heavy atom. The number of carbonyl (C=O) groups is 1. The second-order valence-corrected chi connectivity index (χ2v) is 9.93. The fourth-order valence-corrected chi connectivity index (χ4v) is 6.80. The second kappa shape index (κ2) is 6.90. The maximum Gasteiger partial charge on any atom is 0.167 e. The lowest BCUT2D eigenvalue weighted by Crippen LogP contribution is -1.99. The highest BCUT2D eigenvalue weighted by Crippen LogP contribution is 2.47. The Bertz CT molecular complexity index is 1870. The van der Waals surface area contributed by atoms with Gasteiger partial charge in [-0.1, -0.05) is 97.1 Å². The number of fused-ring (bicyclic) bond motifs is 12. The second-order valence-electron chi connectivity index (χ2n) is 9.93. The molecule has 0 atom stereocenters. The van der Waals surface area contributed by atoms with E-state index < -0.39 is 0 Å². The molecule has 6 aromatic rings. The lowest BCUT2D eigenvalue weighted by molar-refractivity contribution is -0.112. The molecular formula is C34H22O. The maximum absolute atomic E-state index is 13.7. The highest BCUT2D eigenvalue weighted by Gasteiger charge is 2.34. The van der Waals surface area contributed by atoms with Gasteiger partial charge in [-0.15, -0.1) is 0 Å². The van der Waals surface area contributed by atoms with Crippen molar-refractivity contribution in [2.24, 2.45) is 0 Å². The van der Waals surface area contributed by atoms with Gasteiger partial charge in [0, 0.05) is 12.0 Å². The Morgan fingerprint density at radius 2 is 0.771 bits per heavy atom. The van der Waals surface area contributed by atoms with E-state index in [0.29, 0.717) is 6.42 Å². The quantitative estimate of drug-likeness (QED) is 0.171. The number of hydrogen-bond acceptors (Lipinski definition) is 1. The molecule has 0 saturated heterocycles. The van der Waals surface area contributed by atoms with Crippen molar-refractivity contribution in [2.75, 3.05) is 0 Å². The third-order valence-corrected chi connectivity index (χ3v) is 8.20. The van der Waals surface area contributed by atoms with Crippen LogP contribution in [0.5, 0.6) is 0 Å². The molecule has 0 amide bonds. The Labute approximate surface area is 203 Å². The van der Waals surface area contributed by atoms with Crippen LogP contribution in [0.3, 0.4) is 0 Å². The van der Waals surface area contributed by atoms with Gasteiger partial charge in [0.25, 0.3) is 0 Å². The standard InChI is InChI=1S/C34H22O/c35-32-19-31-27-15-6-3-11-23(27)24-12-7-8-16-28(24)34(31)33(32)20-17-29-25-13-4-1-9-21(25)22-10-2-5-14-26(22)30(29)18-20/h1-16H,17-19H2. The molecule has 0 fully saturated rings. The largest absolute Gasteiger partial charge is 0.294 e. The summed E-state index contributed by atoms with van der Waals surface area (Å²) in [6.07, 6.45) is 2.20. The van der Waals surface area contributed by atoms with E-state index in [9.17, 15) is 4.79 Å². The number of ketones is 1. The van der Waals surface area contributed by atoms with Gasteiger partial charge in [0.15, 0.2) is 5.78 Å². The summed E-state index contributed by atoms with van der Waals surface area (Å²) in [5, 5.41) is 10.2. The van der Waals surface area contributed by atoms with E-state index in [-0.39, 0.29) is 5.78 Å². The molecule has 0 aromatic heterocycles. The summed E-state index contributed by atoms with van der Waals surface area (Å²) in [7, 11) is 0. The fourth-order valence-electron chi connectivity index (χ4n) is 6.80. The van der Waals surface area contributed by atoms with Gasteiger partial charge in [0.1, 0.15) is 0 Å². The smallest absolute Gasteiger partial charge is 0.167 e. The molecule has 2 aliphatic rings. The van der Waals surface area contributed by atoms with E-state index in [1.165, 1.54) is 70.9 Å². The molecule has 0 aliphatic heterocycles. The van der Waals surface area contributed by atoms with Crippen molar-refractivity contribution in [3.05, 3.63) is 125 Å². The lowest BCUT2D eigenvalue weighted by atomic mass is 9.90. The molecule has 0 N–H and O–H groups in total. The summed E-state index contributed by atoms with van der Waals surface area (Å²) in [6.45, 7) is 0. The van der Waals surface area contributed by atoms with Gasteiger partial charge in [-0.25, -0.2) is 0 Å². The molecule has 8 rings (SSSR count). The molecule has 6 aromatic carbocycles. The molecule has 164 valence electrons. The molecule has 0 bridgehead atoms. The van der Waals surface area contributed by atoms with Crippen LogP contribution in [-0.4, -0.2) is 5.78 Å². The van der Waals surface area contributed by atoms with Crippen LogP contribution in [-0.2, 0) is 24.1 Å². The van der Waals surface area contributed by atoms with E-state index in [0.717, 1.165) is 18.4 Å². The zero-order valence-electron chi connectivity index (χ0n) is 19.3. The van der Waals surface area contributed by atoms with Crippen molar-refractivity contribution >= 4 is 54.4 Å². The van der Waals surface area contributed by atoms with Gasteiger partial charge >= 0.3 is 0 Å². The zero-order valence-corrected chi connectivity index (χ0v) is 19.3. The fraction of sp³-hybridized carbons (Fsp3) is 0.0882. The predicted octanol–water partition coefficient (Wildman–Crippen LogP) is 7.98. The summed E-state index contributed by atoms with van der Waals surface area (Å²) in [5.74, 6) is 0.276. The number of benzene rings is 6. The highest BCUT2D eigenvalue weighted by molar-refractivity contribution is 6.33. The number of carbonyl (C=O) groups excluding carboxylic acids is 1. The number of rotatable bonds is 0. The molecule has 1 heteroatoms. The van der Waals surface area contributed by atoms with Crippen LogP contribution >= 0.6 is 0 Å². The molecule has 0 saturated carbocycles. The summed E-state index contributed by atoms with van der Waals surface area (Å²) >= 11 is 0. The molecule has 0 heterocycles. The Balaban J connectivity index is 1.46. The molecule has 0 unspecified atom stereocenters. The van der Waals surface area contributed by atoms with Gasteiger partial charge in [-0.2, -0.15) is 0 Å². The Hall–Kier alpha value is -4.23. The average Bonchev–Trinajstić information content (AvgIpc) is 3.51. The molecular weight excluding hydrogens is 424 g/mol. The molecule has 0 spiro atoms. The third-order valence-electron chi connectivity index (χ3n) is 8.20. The van der Waals surface area contributed by atoms with E-state index in [1.54, 1.807) is 0 Å². The number of Topliss-reactive ketones (excluding diaryl/α,β-unsaturated/α-hetero) is 1. The summed E-state index contributed by atoms with van der Waals surface area (Å²) in [4.78, 5) is 13.7. The van der Waals surface area contributed by atoms with Gasteiger partial charge in [0.2, 0.25) is 0 Å². The first-order valence-corrected chi connectivity index (χ1v) is 12.4. The van der Waals surface area contributed by atoms with Crippen LogP contribution < -0.4 is 0 Å². The highest BCUT2D eigenvalue weighted by atomic mass is 16.1. The summed E-state index contributed by atoms with van der Waals surface area (Å²) < 4.78 is 0. The topological polar surface area (TPSA) is 17.1 Å². The molecule has 35 heavy (non-hydrogen) atoms. The Morgan fingerprint density at radius 3 is 1.26 bits per heavy atom. The van der Waals surface area contributed by atoms with E-state index >= 15 is 0 Å².